The van der Waals surface area contributed by atoms with Crippen LogP contribution in [0, 0.1) is 0 Å². The number of hydrogen-bond donors (Lipinski definition) is 2. The van der Waals surface area contributed by atoms with Gasteiger partial charge in [0, 0.05) is 38.4 Å². The van der Waals surface area contributed by atoms with Crippen LogP contribution in [0.4, 0.5) is 0 Å². The second-order valence-electron chi connectivity index (χ2n) is 3.89. The van der Waals surface area contributed by atoms with Crippen molar-refractivity contribution in [3.8, 4) is 0 Å². The van der Waals surface area contributed by atoms with Gasteiger partial charge in [0.05, 0.1) is 0 Å². The topological polar surface area (TPSA) is 68.2 Å². The highest BCUT2D eigenvalue weighted by Gasteiger charge is 2.21. The van der Waals surface area contributed by atoms with E-state index in [2.05, 4.69) is 15.3 Å². The van der Waals surface area contributed by atoms with Crippen LogP contribution in [0.3, 0.4) is 0 Å². The van der Waals surface area contributed by atoms with Crippen LogP contribution < -0.4 is 11.1 Å². The zero-order valence-corrected chi connectivity index (χ0v) is 8.98. The second kappa shape index (κ2) is 4.33. The molecule has 5 nitrogen and oxygen atoms in total. The Hall–Kier alpha value is -1.52. The van der Waals surface area contributed by atoms with Gasteiger partial charge < -0.3 is 15.6 Å². The van der Waals surface area contributed by atoms with E-state index in [1.165, 1.54) is 12.8 Å². The molecule has 0 amide bonds. The van der Waals surface area contributed by atoms with E-state index in [1.54, 1.807) is 6.20 Å². The van der Waals surface area contributed by atoms with Crippen LogP contribution in [0.15, 0.2) is 17.4 Å². The molecule has 82 valence electrons. The average molecular weight is 207 g/mol. The summed E-state index contributed by atoms with van der Waals surface area (Å²) in [5.41, 5.74) is 5.70. The fraction of sp³-hybridized carbons (Fsp3) is 0.600. The van der Waals surface area contributed by atoms with E-state index in [0.717, 1.165) is 12.2 Å². The number of nitrogens with one attached hydrogen (secondary N) is 1. The first-order chi connectivity index (χ1) is 7.25. The molecule has 0 aromatic carbocycles. The Balaban J connectivity index is 1.75. The highest BCUT2D eigenvalue weighted by atomic mass is 15.1. The molecule has 0 bridgehead atoms. The van der Waals surface area contributed by atoms with Crippen molar-refractivity contribution < 1.29 is 0 Å². The van der Waals surface area contributed by atoms with E-state index in [0.29, 0.717) is 18.5 Å². The second-order valence-corrected chi connectivity index (χ2v) is 3.89. The molecule has 1 aliphatic carbocycles. The molecule has 0 atom stereocenters. The molecule has 1 aliphatic rings. The summed E-state index contributed by atoms with van der Waals surface area (Å²) in [7, 11) is 1.98. The molecule has 0 aliphatic heterocycles. The predicted octanol–water partition coefficient (Wildman–Crippen LogP) is 0.0293. The summed E-state index contributed by atoms with van der Waals surface area (Å²) < 4.78 is 2.00. The Morgan fingerprint density at radius 3 is 3.13 bits per heavy atom. The Kier molecular flexibility index (Phi) is 2.89. The molecular weight excluding hydrogens is 190 g/mol. The first-order valence-corrected chi connectivity index (χ1v) is 5.28. The molecule has 0 saturated heterocycles. The lowest BCUT2D eigenvalue weighted by Crippen LogP contribution is -2.33. The number of aliphatic imine (C=N–C) groups is 1. The van der Waals surface area contributed by atoms with Gasteiger partial charge in [0.1, 0.15) is 5.82 Å². The van der Waals surface area contributed by atoms with Crippen molar-refractivity contribution in [1.82, 2.24) is 14.9 Å². The lowest BCUT2D eigenvalue weighted by atomic mass is 10.4. The minimum Gasteiger partial charge on any atom is -0.370 e. The van der Waals surface area contributed by atoms with Gasteiger partial charge in [-0.3, -0.25) is 4.99 Å². The number of hydrogen-bond acceptors (Lipinski definition) is 2. The van der Waals surface area contributed by atoms with Crippen LogP contribution in [0.5, 0.6) is 0 Å². The Morgan fingerprint density at radius 1 is 1.73 bits per heavy atom. The molecule has 0 unspecified atom stereocenters. The Bertz CT molecular complexity index is 350. The maximum Gasteiger partial charge on any atom is 0.188 e. The monoisotopic (exact) mass is 207 g/mol. The quantitative estimate of drug-likeness (QED) is 0.540. The van der Waals surface area contributed by atoms with Crippen LogP contribution in [0.2, 0.25) is 0 Å². The van der Waals surface area contributed by atoms with Gasteiger partial charge in [-0.25, -0.2) is 4.98 Å². The van der Waals surface area contributed by atoms with Crippen LogP contribution in [0.1, 0.15) is 18.7 Å². The summed E-state index contributed by atoms with van der Waals surface area (Å²) >= 11 is 0. The SMILES string of the molecule is Cn1ccnc1CCN=C(N)NC1CC1. The van der Waals surface area contributed by atoms with Crippen LogP contribution in [-0.4, -0.2) is 28.1 Å². The van der Waals surface area contributed by atoms with E-state index >= 15 is 0 Å². The summed E-state index contributed by atoms with van der Waals surface area (Å²) in [5.74, 6) is 1.60. The zero-order chi connectivity index (χ0) is 10.7. The number of guanidine groups is 1. The lowest BCUT2D eigenvalue weighted by molar-refractivity contribution is 0.772. The molecular formula is C10H17N5. The van der Waals surface area contributed by atoms with Gasteiger partial charge in [-0.1, -0.05) is 0 Å². The maximum atomic E-state index is 5.70. The summed E-state index contributed by atoms with van der Waals surface area (Å²) in [6.07, 6.45) is 7.00. The minimum atomic E-state index is 0.562. The van der Waals surface area contributed by atoms with Crippen LogP contribution >= 0.6 is 0 Å². The highest BCUT2D eigenvalue weighted by Crippen LogP contribution is 2.17. The maximum absolute atomic E-state index is 5.70. The van der Waals surface area contributed by atoms with E-state index in [4.69, 9.17) is 5.73 Å². The van der Waals surface area contributed by atoms with Crippen LogP contribution in [0.25, 0.3) is 0 Å². The molecule has 0 spiro atoms. The van der Waals surface area contributed by atoms with Gasteiger partial charge in [-0.15, -0.1) is 0 Å². The molecule has 1 aromatic rings. The van der Waals surface area contributed by atoms with Gasteiger partial charge in [0.2, 0.25) is 0 Å². The van der Waals surface area contributed by atoms with Crippen LogP contribution in [-0.2, 0) is 13.5 Å². The van der Waals surface area contributed by atoms with Gasteiger partial charge in [0.25, 0.3) is 0 Å². The number of rotatable bonds is 4. The third-order valence-electron chi connectivity index (χ3n) is 2.47. The minimum absolute atomic E-state index is 0.562. The van der Waals surface area contributed by atoms with Crippen molar-refractivity contribution in [1.29, 1.82) is 0 Å². The first-order valence-electron chi connectivity index (χ1n) is 5.28. The molecule has 5 heteroatoms. The normalized spacial score (nSPS) is 16.7. The molecule has 1 aromatic heterocycles. The zero-order valence-electron chi connectivity index (χ0n) is 8.98. The molecule has 2 rings (SSSR count). The highest BCUT2D eigenvalue weighted by molar-refractivity contribution is 5.78. The number of aryl methyl sites for hydroxylation is 1. The van der Waals surface area contributed by atoms with Gasteiger partial charge >= 0.3 is 0 Å². The molecule has 3 N–H and O–H groups in total. The van der Waals surface area contributed by atoms with E-state index in [9.17, 15) is 0 Å². The standard InChI is InChI=1S/C10H17N5/c1-15-7-6-12-9(15)4-5-13-10(11)14-8-2-3-8/h6-8H,2-5H2,1H3,(H3,11,13,14). The van der Waals surface area contributed by atoms with Crippen molar-refractivity contribution in [3.05, 3.63) is 18.2 Å². The Labute approximate surface area is 89.4 Å². The summed E-state index contributed by atoms with van der Waals surface area (Å²) in [6, 6.07) is 0.571. The fourth-order valence-corrected chi connectivity index (χ4v) is 1.40. The van der Waals surface area contributed by atoms with Crippen molar-refractivity contribution in [2.24, 2.45) is 17.8 Å². The van der Waals surface area contributed by atoms with Crippen molar-refractivity contribution >= 4 is 5.96 Å². The largest absolute Gasteiger partial charge is 0.370 e. The van der Waals surface area contributed by atoms with Crippen molar-refractivity contribution in [2.75, 3.05) is 6.54 Å². The van der Waals surface area contributed by atoms with Crippen molar-refractivity contribution in [3.63, 3.8) is 0 Å². The third-order valence-corrected chi connectivity index (χ3v) is 2.47. The lowest BCUT2D eigenvalue weighted by Gasteiger charge is -2.03. The number of aromatic nitrogens is 2. The molecule has 0 radical (unpaired) electrons. The van der Waals surface area contributed by atoms with E-state index < -0.39 is 0 Å². The number of imidazole rings is 1. The van der Waals surface area contributed by atoms with E-state index in [1.807, 2.05) is 17.8 Å². The summed E-state index contributed by atoms with van der Waals surface area (Å²) in [6.45, 7) is 0.691. The third kappa shape index (κ3) is 2.97. The van der Waals surface area contributed by atoms with E-state index in [-0.39, 0.29) is 0 Å². The number of nitrogens with zero attached hydrogens (tertiary/aromatic N) is 3. The first kappa shape index (κ1) is 10.0. The predicted molar refractivity (Wildman–Crippen MR) is 59.6 cm³/mol. The summed E-state index contributed by atoms with van der Waals surface area (Å²) in [5, 5.41) is 3.15. The Morgan fingerprint density at radius 2 is 2.53 bits per heavy atom. The van der Waals surface area contributed by atoms with Crippen molar-refractivity contribution in [2.45, 2.75) is 25.3 Å². The smallest absolute Gasteiger partial charge is 0.188 e. The van der Waals surface area contributed by atoms with Gasteiger partial charge in [-0.05, 0) is 12.8 Å². The average Bonchev–Trinajstić information content (AvgIpc) is 2.91. The molecule has 15 heavy (non-hydrogen) atoms. The fourth-order valence-electron chi connectivity index (χ4n) is 1.40. The molecule has 1 saturated carbocycles. The number of nitrogens with two attached hydrogens (primary N) is 1. The van der Waals surface area contributed by atoms with Gasteiger partial charge in [0.15, 0.2) is 5.96 Å². The molecule has 1 heterocycles. The van der Waals surface area contributed by atoms with Gasteiger partial charge in [-0.2, -0.15) is 0 Å². The molecule has 1 fully saturated rings. The summed E-state index contributed by atoms with van der Waals surface area (Å²) in [4.78, 5) is 8.47.